The van der Waals surface area contributed by atoms with Crippen molar-refractivity contribution in [1.29, 1.82) is 0 Å². The van der Waals surface area contributed by atoms with Crippen LogP contribution in [0.4, 0.5) is 17.1 Å². The van der Waals surface area contributed by atoms with Gasteiger partial charge in [-0.2, -0.15) is 25.3 Å². The number of hydrogen-bond acceptors (Lipinski definition) is 15. The van der Waals surface area contributed by atoms with Crippen molar-refractivity contribution in [3.63, 3.8) is 0 Å². The zero-order valence-electron chi connectivity index (χ0n) is 28.2. The number of nitrogens with two attached hydrogens (primary N) is 1. The monoisotopic (exact) mass is 937 g/mol. The van der Waals surface area contributed by atoms with Gasteiger partial charge in [0.05, 0.1) is 33.2 Å². The summed E-state index contributed by atoms with van der Waals surface area (Å²) in [5.41, 5.74) is 9.52. The molecule has 0 spiro atoms. The summed E-state index contributed by atoms with van der Waals surface area (Å²) in [4.78, 5) is 36.7. The Hall–Kier alpha value is -5.46. The number of phenolic OH excluding ortho intramolecular Hbond substituents is 1. The molecule has 0 saturated carbocycles. The zero-order valence-corrected chi connectivity index (χ0v) is 32.5. The van der Waals surface area contributed by atoms with E-state index in [9.17, 15) is 58.4 Å². The Labute approximate surface area is 343 Å². The zero-order chi connectivity index (χ0) is 40.2. The van der Waals surface area contributed by atoms with Crippen LogP contribution in [-0.2, 0) is 69.3 Å². The number of aromatic amines is 1. The maximum atomic E-state index is 13.2. The van der Waals surface area contributed by atoms with E-state index in [1.807, 2.05) is 0 Å². The number of allylic oxidation sites excluding steroid dienone is 5. The fourth-order valence-corrected chi connectivity index (χ4v) is 7.34. The number of carbonyl (C=O) groups is 2. The van der Waals surface area contributed by atoms with Gasteiger partial charge in [-0.1, -0.05) is 18.2 Å². The molecule has 2 aliphatic carbocycles. The van der Waals surface area contributed by atoms with Crippen molar-refractivity contribution in [2.24, 2.45) is 10.2 Å². The van der Waals surface area contributed by atoms with Crippen molar-refractivity contribution < 1.29 is 87.7 Å². The molecule has 25 heteroatoms. The molecule has 4 aromatic rings. The Kier molecular flexibility index (Phi) is 12.6. The van der Waals surface area contributed by atoms with Crippen LogP contribution in [0.3, 0.4) is 0 Å². The number of aryl methyl sites for hydroxylation is 1. The number of phenols is 1. The molecule has 6 rings (SSSR count). The maximum absolute atomic E-state index is 13.2. The summed E-state index contributed by atoms with van der Waals surface area (Å²) in [6, 6.07) is 9.60. The van der Waals surface area contributed by atoms with E-state index in [2.05, 4.69) is 26.2 Å². The van der Waals surface area contributed by atoms with E-state index in [0.29, 0.717) is 22.9 Å². The smallest absolute Gasteiger partial charge is 0.296 e. The summed E-state index contributed by atoms with van der Waals surface area (Å²) in [5, 5.41) is 21.1. The number of H-pyrrole nitrogens is 1. The molecule has 3 aromatic carbocycles. The molecule has 0 bridgehead atoms. The van der Waals surface area contributed by atoms with Gasteiger partial charge in [0.25, 0.3) is 35.9 Å². The van der Waals surface area contributed by atoms with E-state index in [4.69, 9.17) is 5.73 Å². The van der Waals surface area contributed by atoms with E-state index >= 15 is 0 Å². The van der Waals surface area contributed by atoms with Crippen LogP contribution in [0, 0.1) is 6.92 Å². The van der Waals surface area contributed by atoms with E-state index in [-0.39, 0.29) is 67.6 Å². The predicted octanol–water partition coefficient (Wildman–Crippen LogP) is 2.16. The number of ketones is 2. The van der Waals surface area contributed by atoms with Gasteiger partial charge < -0.3 is 10.8 Å². The molecule has 1 heterocycles. The molecule has 20 nitrogen and oxygen atoms in total. The van der Waals surface area contributed by atoms with E-state index < -0.39 is 79.8 Å². The molecule has 0 atom stereocenters. The van der Waals surface area contributed by atoms with Crippen molar-refractivity contribution in [2.75, 3.05) is 16.6 Å². The third kappa shape index (κ3) is 8.92. The number of aromatic hydroxyl groups is 1. The van der Waals surface area contributed by atoms with Gasteiger partial charge in [-0.25, -0.2) is 4.68 Å². The number of fused-ring (bicyclic) bond motifs is 1. The van der Waals surface area contributed by atoms with Crippen LogP contribution in [0.5, 0.6) is 5.75 Å². The van der Waals surface area contributed by atoms with Gasteiger partial charge >= 0.3 is 0 Å². The minimum Gasteiger partial charge on any atom is -0.506 e. The van der Waals surface area contributed by atoms with Crippen molar-refractivity contribution in [3.05, 3.63) is 106 Å². The van der Waals surface area contributed by atoms with E-state index in [1.165, 1.54) is 36.4 Å². The van der Waals surface area contributed by atoms with Crippen molar-refractivity contribution in [1.82, 2.24) is 9.78 Å². The van der Waals surface area contributed by atoms with Crippen LogP contribution in [0.2, 0.25) is 0 Å². The molecule has 0 unspecified atom stereocenters. The number of carbonyl (C=O) groups excluding carboxylic acids is 2. The number of nitrogen functional groups attached to an aromatic ring is 1. The molecule has 0 amide bonds. The van der Waals surface area contributed by atoms with E-state index in [0.717, 1.165) is 35.0 Å². The number of nitrogens with zero attached hydrogens (tertiary/aromatic N) is 3. The summed E-state index contributed by atoms with van der Waals surface area (Å²) in [6.07, 6.45) is 5.89. The van der Waals surface area contributed by atoms with Gasteiger partial charge in [-0.3, -0.25) is 44.0 Å². The quantitative estimate of drug-likeness (QED) is 0.0298. The second-order valence-corrected chi connectivity index (χ2v) is 15.9. The first-order valence-electron chi connectivity index (χ1n) is 15.1. The number of nitrogens with one attached hydrogen (secondary N) is 3. The van der Waals surface area contributed by atoms with Gasteiger partial charge in [0.2, 0.25) is 11.6 Å². The first-order chi connectivity index (χ1) is 25.6. The average molecular weight is 939 g/mol. The molecule has 306 valence electrons. The Morgan fingerprint density at radius 1 is 0.754 bits per heavy atom. The Balaban J connectivity index is 0.00000360. The molecule has 2 aliphatic rings. The van der Waals surface area contributed by atoms with Crippen LogP contribution < -0.4 is 22.1 Å². The van der Waals surface area contributed by atoms with E-state index in [1.54, 1.807) is 13.0 Å². The number of Topliss-reactive ketones (excluding diaryl/α,β-unsaturated/α-hetero) is 1. The third-order valence-electron chi connectivity index (χ3n) is 8.10. The normalized spacial score (nSPS) is 15.5. The Bertz CT molecular complexity index is 2930. The summed E-state index contributed by atoms with van der Waals surface area (Å²) < 4.78 is 99.6. The number of rotatable bonds is 9. The molecular formula is C32H25Cu2N7O13S3. The van der Waals surface area contributed by atoms with Crippen LogP contribution in [-0.4, -0.2) is 76.8 Å². The maximum Gasteiger partial charge on any atom is 0.296 e. The number of benzene rings is 3. The SMILES string of the molecule is Cc1[nH]n(-c2ccc(S(=O)(=O)O)cc2)c(=O)c1NNc1ccc(C2=CC(=O)/C(=N\N=C3/C=Cc4c(S(=O)(=O)O)cc(S(=O)(=O)O)c(N)c4C3=O)C=C2)cc1O.[Cu].[Cu]. The standard InChI is InChI=1S/C32H25N7O13S3.2Cu/c1-15-30(32(43)39(38-15)18-4-6-19(7-5-18)53(44,45)46)37-35-22-10-3-17(13-25(22)41)16-2-9-21(24(40)12-16)34-36-23-11-8-20-26(54(47,48)49)14-27(55(50,51)52)29(33)28(20)31(23)42;;/h2-14,35,37-38,41H,33H2,1H3,(H,44,45,46)(H,47,48,49)(H,50,51,52);;/b34-21-,36-23+;;. The summed E-state index contributed by atoms with van der Waals surface area (Å²) >= 11 is 0. The Morgan fingerprint density at radius 2 is 1.37 bits per heavy atom. The predicted molar refractivity (Wildman–Crippen MR) is 197 cm³/mol. The van der Waals surface area contributed by atoms with Crippen LogP contribution in [0.25, 0.3) is 17.3 Å². The van der Waals surface area contributed by atoms with Gasteiger partial charge in [0, 0.05) is 39.7 Å². The fourth-order valence-electron chi connectivity index (χ4n) is 5.42. The number of anilines is 3. The molecule has 0 fully saturated rings. The number of hydrogen-bond donors (Lipinski definition) is 8. The number of hydrazine groups is 1. The van der Waals surface area contributed by atoms with Crippen LogP contribution in [0.1, 0.15) is 27.2 Å². The minimum atomic E-state index is -5.15. The molecule has 2 radical (unpaired) electrons. The van der Waals surface area contributed by atoms with Crippen molar-refractivity contribution in [3.8, 4) is 11.4 Å². The molecule has 9 N–H and O–H groups in total. The van der Waals surface area contributed by atoms with Crippen LogP contribution in [0.15, 0.2) is 103 Å². The largest absolute Gasteiger partial charge is 0.506 e. The van der Waals surface area contributed by atoms with Gasteiger partial charge in [-0.15, -0.1) is 10.2 Å². The summed E-state index contributed by atoms with van der Waals surface area (Å²) in [7, 11) is -14.7. The van der Waals surface area contributed by atoms with Crippen molar-refractivity contribution >= 4 is 82.1 Å². The first-order valence-corrected chi connectivity index (χ1v) is 19.5. The van der Waals surface area contributed by atoms with Crippen molar-refractivity contribution in [2.45, 2.75) is 21.6 Å². The molecular weight excluding hydrogens is 914 g/mol. The van der Waals surface area contributed by atoms with Crippen LogP contribution >= 0.6 is 0 Å². The molecule has 0 saturated heterocycles. The summed E-state index contributed by atoms with van der Waals surface area (Å²) in [6.45, 7) is 1.59. The molecule has 57 heavy (non-hydrogen) atoms. The average Bonchev–Trinajstić information content (AvgIpc) is 3.38. The fraction of sp³-hybridized carbons (Fsp3) is 0.0312. The molecule has 1 aromatic heterocycles. The first kappa shape index (κ1) is 44.3. The summed E-state index contributed by atoms with van der Waals surface area (Å²) in [5.74, 6) is -2.09. The second-order valence-electron chi connectivity index (χ2n) is 11.7. The Morgan fingerprint density at radius 3 is 1.95 bits per heavy atom. The van der Waals surface area contributed by atoms with Gasteiger partial charge in [-0.05, 0) is 78.8 Å². The second kappa shape index (κ2) is 16.2. The van der Waals surface area contributed by atoms with Gasteiger partial charge in [0.1, 0.15) is 32.7 Å². The number of aromatic nitrogens is 2. The van der Waals surface area contributed by atoms with Gasteiger partial charge in [0.15, 0.2) is 0 Å². The third-order valence-corrected chi connectivity index (χ3v) is 10.8. The molecule has 0 aliphatic heterocycles. The minimum absolute atomic E-state index is 0. The topological polar surface area (TPSA) is 330 Å².